The lowest BCUT2D eigenvalue weighted by molar-refractivity contribution is -0.141. The monoisotopic (exact) mass is 340 g/mol. The molecular weight excluding hydrogens is 320 g/mol. The van der Waals surface area contributed by atoms with Crippen LogP contribution in [0.25, 0.3) is 0 Å². The van der Waals surface area contributed by atoms with E-state index in [1.807, 2.05) is 0 Å². The Balaban J connectivity index is 2.43. The first-order valence-electron chi connectivity index (χ1n) is 7.23. The summed E-state index contributed by atoms with van der Waals surface area (Å²) >= 11 is 0. The molecule has 0 spiro atoms. The van der Waals surface area contributed by atoms with E-state index in [1.165, 1.54) is 31.1 Å². The highest BCUT2D eigenvalue weighted by Gasteiger charge is 2.35. The number of benzene rings is 1. The van der Waals surface area contributed by atoms with Crippen molar-refractivity contribution in [3.8, 4) is 0 Å². The van der Waals surface area contributed by atoms with Crippen molar-refractivity contribution in [2.24, 2.45) is 0 Å². The first-order chi connectivity index (χ1) is 10.7. The van der Waals surface area contributed by atoms with Gasteiger partial charge in [0.05, 0.1) is 4.90 Å². The molecule has 8 heteroatoms. The van der Waals surface area contributed by atoms with Crippen molar-refractivity contribution in [2.45, 2.75) is 30.7 Å². The lowest BCUT2D eigenvalue weighted by atomic mass is 10.1. The van der Waals surface area contributed by atoms with Gasteiger partial charge in [0, 0.05) is 26.2 Å². The average Bonchev–Trinajstić information content (AvgIpc) is 2.96. The Morgan fingerprint density at radius 1 is 1.30 bits per heavy atom. The van der Waals surface area contributed by atoms with Gasteiger partial charge in [-0.15, -0.1) is 0 Å². The number of hydrogen-bond donors (Lipinski definition) is 1. The van der Waals surface area contributed by atoms with E-state index in [9.17, 15) is 23.1 Å². The number of hydrogen-bond acceptors (Lipinski definition) is 4. The van der Waals surface area contributed by atoms with E-state index in [0.29, 0.717) is 24.9 Å². The van der Waals surface area contributed by atoms with Crippen LogP contribution < -0.4 is 0 Å². The third-order valence-electron chi connectivity index (χ3n) is 4.02. The second-order valence-corrected chi connectivity index (χ2v) is 7.91. The number of carbonyl (C=O) groups excluding carboxylic acids is 1. The summed E-state index contributed by atoms with van der Waals surface area (Å²) in [6, 6.07) is 3.48. The van der Waals surface area contributed by atoms with Crippen LogP contribution in [0.2, 0.25) is 0 Å². The minimum Gasteiger partial charge on any atom is -0.480 e. The number of nitrogens with zero attached hydrogens (tertiary/aromatic N) is 2. The minimum absolute atomic E-state index is 0.0162. The van der Waals surface area contributed by atoms with Crippen molar-refractivity contribution < 1.29 is 23.1 Å². The molecule has 0 saturated carbocycles. The smallest absolute Gasteiger partial charge is 0.326 e. The van der Waals surface area contributed by atoms with Gasteiger partial charge in [-0.05, 0) is 37.5 Å². The highest BCUT2D eigenvalue weighted by atomic mass is 32.2. The standard InChI is InChI=1S/C15H20N2O5S/c1-10-6-7-11(23(21,22)16(2)3)9-12(10)14(18)17-8-4-5-13(17)15(19)20/h6-7,9,13H,4-5,8H2,1-3H3,(H,19,20). The Hall–Kier alpha value is -1.93. The van der Waals surface area contributed by atoms with E-state index in [2.05, 4.69) is 0 Å². The van der Waals surface area contributed by atoms with Gasteiger partial charge in [0.2, 0.25) is 10.0 Å². The molecule has 0 aromatic heterocycles. The third kappa shape index (κ3) is 3.23. The fraction of sp³-hybridized carbons (Fsp3) is 0.467. The predicted molar refractivity (Wildman–Crippen MR) is 83.7 cm³/mol. The van der Waals surface area contributed by atoms with Crippen LogP contribution in [0.4, 0.5) is 0 Å². The zero-order chi connectivity index (χ0) is 17.4. The quantitative estimate of drug-likeness (QED) is 0.880. The Morgan fingerprint density at radius 2 is 1.96 bits per heavy atom. The van der Waals surface area contributed by atoms with Gasteiger partial charge in [0.1, 0.15) is 6.04 Å². The molecule has 1 heterocycles. The topological polar surface area (TPSA) is 95.0 Å². The summed E-state index contributed by atoms with van der Waals surface area (Å²) in [6.45, 7) is 2.06. The summed E-state index contributed by atoms with van der Waals surface area (Å²) < 4.78 is 25.5. The van der Waals surface area contributed by atoms with E-state index < -0.39 is 27.9 Å². The molecule has 0 aliphatic carbocycles. The van der Waals surface area contributed by atoms with E-state index >= 15 is 0 Å². The van der Waals surface area contributed by atoms with Crippen LogP contribution >= 0.6 is 0 Å². The van der Waals surface area contributed by atoms with Crippen molar-refractivity contribution in [2.75, 3.05) is 20.6 Å². The molecule has 1 aromatic rings. The summed E-state index contributed by atoms with van der Waals surface area (Å²) in [6.07, 6.45) is 1.03. The molecule has 126 valence electrons. The Kier molecular flexibility index (Phi) is 4.76. The number of carbonyl (C=O) groups is 2. The molecular formula is C15H20N2O5S. The van der Waals surface area contributed by atoms with Crippen LogP contribution in [0.15, 0.2) is 23.1 Å². The van der Waals surface area contributed by atoms with Gasteiger partial charge >= 0.3 is 5.97 Å². The molecule has 1 amide bonds. The van der Waals surface area contributed by atoms with E-state index in [0.717, 1.165) is 4.31 Å². The van der Waals surface area contributed by atoms with Crippen LogP contribution in [0.5, 0.6) is 0 Å². The first kappa shape index (κ1) is 17.4. The lowest BCUT2D eigenvalue weighted by Crippen LogP contribution is -2.40. The summed E-state index contributed by atoms with van der Waals surface area (Å²) in [7, 11) is -0.828. The normalized spacial score (nSPS) is 18.4. The molecule has 7 nitrogen and oxygen atoms in total. The Bertz CT molecular complexity index is 742. The van der Waals surface area contributed by atoms with Crippen molar-refractivity contribution in [1.82, 2.24) is 9.21 Å². The van der Waals surface area contributed by atoms with E-state index in [-0.39, 0.29) is 10.5 Å². The molecule has 1 saturated heterocycles. The molecule has 2 rings (SSSR count). The number of carboxylic acid groups (broad SMARTS) is 1. The zero-order valence-corrected chi connectivity index (χ0v) is 14.1. The number of rotatable bonds is 4. The number of sulfonamides is 1. The zero-order valence-electron chi connectivity index (χ0n) is 13.3. The highest BCUT2D eigenvalue weighted by molar-refractivity contribution is 7.89. The predicted octanol–water partition coefficient (Wildman–Crippen LogP) is 0.935. The molecule has 1 atom stereocenters. The van der Waals surface area contributed by atoms with Gasteiger partial charge in [-0.2, -0.15) is 0 Å². The van der Waals surface area contributed by atoms with Gasteiger partial charge in [0.15, 0.2) is 0 Å². The molecule has 1 aliphatic rings. The number of aliphatic carboxylic acids is 1. The van der Waals surface area contributed by atoms with Gasteiger partial charge in [-0.1, -0.05) is 6.07 Å². The Labute approximate surface area is 135 Å². The number of carboxylic acids is 1. The van der Waals surface area contributed by atoms with Crippen LogP contribution in [-0.2, 0) is 14.8 Å². The largest absolute Gasteiger partial charge is 0.480 e. The lowest BCUT2D eigenvalue weighted by Gasteiger charge is -2.23. The maximum Gasteiger partial charge on any atom is 0.326 e. The molecule has 1 fully saturated rings. The average molecular weight is 340 g/mol. The molecule has 0 bridgehead atoms. The second kappa shape index (κ2) is 6.29. The van der Waals surface area contributed by atoms with Crippen molar-refractivity contribution in [1.29, 1.82) is 0 Å². The summed E-state index contributed by atoms with van der Waals surface area (Å²) in [5.41, 5.74) is 0.838. The molecule has 0 radical (unpaired) electrons. The van der Waals surface area contributed by atoms with Gasteiger partial charge in [0.25, 0.3) is 5.91 Å². The van der Waals surface area contributed by atoms with Gasteiger partial charge in [-0.3, -0.25) is 4.79 Å². The molecule has 1 N–H and O–H groups in total. The van der Waals surface area contributed by atoms with Crippen LogP contribution in [0.3, 0.4) is 0 Å². The van der Waals surface area contributed by atoms with Crippen molar-refractivity contribution in [3.63, 3.8) is 0 Å². The van der Waals surface area contributed by atoms with Gasteiger partial charge in [-0.25, -0.2) is 17.5 Å². The van der Waals surface area contributed by atoms with Crippen molar-refractivity contribution in [3.05, 3.63) is 29.3 Å². The minimum atomic E-state index is -3.66. The fourth-order valence-electron chi connectivity index (χ4n) is 2.62. The van der Waals surface area contributed by atoms with Crippen LogP contribution in [0.1, 0.15) is 28.8 Å². The van der Waals surface area contributed by atoms with E-state index in [4.69, 9.17) is 0 Å². The molecule has 23 heavy (non-hydrogen) atoms. The Morgan fingerprint density at radius 3 is 2.52 bits per heavy atom. The van der Waals surface area contributed by atoms with Gasteiger partial charge < -0.3 is 10.0 Å². The second-order valence-electron chi connectivity index (χ2n) is 5.76. The fourth-order valence-corrected chi connectivity index (χ4v) is 3.55. The number of likely N-dealkylation sites (tertiary alicyclic amines) is 1. The number of amides is 1. The van der Waals surface area contributed by atoms with Crippen molar-refractivity contribution >= 4 is 21.9 Å². The summed E-state index contributed by atoms with van der Waals surface area (Å²) in [5.74, 6) is -1.48. The summed E-state index contributed by atoms with van der Waals surface area (Å²) in [5, 5.41) is 9.21. The molecule has 1 unspecified atom stereocenters. The number of aryl methyl sites for hydroxylation is 1. The first-order valence-corrected chi connectivity index (χ1v) is 8.67. The highest BCUT2D eigenvalue weighted by Crippen LogP contribution is 2.24. The SMILES string of the molecule is Cc1ccc(S(=O)(=O)N(C)C)cc1C(=O)N1CCCC1C(=O)O. The van der Waals surface area contributed by atoms with Crippen LogP contribution in [0, 0.1) is 6.92 Å². The molecule has 1 aromatic carbocycles. The maximum absolute atomic E-state index is 12.7. The van der Waals surface area contributed by atoms with Crippen LogP contribution in [-0.4, -0.2) is 61.3 Å². The molecule has 1 aliphatic heterocycles. The third-order valence-corrected chi connectivity index (χ3v) is 5.83. The van der Waals surface area contributed by atoms with E-state index in [1.54, 1.807) is 13.0 Å². The maximum atomic E-state index is 12.7. The summed E-state index contributed by atoms with van der Waals surface area (Å²) in [4.78, 5) is 25.3.